The molecule has 1 aromatic carbocycles. The second-order valence-electron chi connectivity index (χ2n) is 4.54. The molecular formula is C14H7N5O3S. The highest BCUT2D eigenvalue weighted by atomic mass is 32.1. The number of aromatic nitrogens is 2. The molecule has 2 aromatic heterocycles. The number of hydrogen-bond donors (Lipinski definition) is 0. The molecule has 112 valence electrons. The molecule has 3 heterocycles. The van der Waals surface area contributed by atoms with Crippen LogP contribution in [0, 0.1) is 0 Å². The first-order valence-corrected chi connectivity index (χ1v) is 7.33. The van der Waals surface area contributed by atoms with Crippen LogP contribution in [0.3, 0.4) is 0 Å². The van der Waals surface area contributed by atoms with Crippen molar-refractivity contribution >= 4 is 38.6 Å². The first-order chi connectivity index (χ1) is 11.2. The Balaban J connectivity index is 1.53. The molecule has 0 atom stereocenters. The van der Waals surface area contributed by atoms with Gasteiger partial charge in [0.05, 0.1) is 21.1 Å². The predicted octanol–water partition coefficient (Wildman–Crippen LogP) is 2.92. The van der Waals surface area contributed by atoms with E-state index in [1.54, 1.807) is 36.5 Å². The molecule has 1 aliphatic rings. The summed E-state index contributed by atoms with van der Waals surface area (Å²) in [6, 6.07) is 10.1. The molecule has 9 heteroatoms. The van der Waals surface area contributed by atoms with Crippen LogP contribution in [-0.2, 0) is 4.94 Å². The van der Waals surface area contributed by atoms with Crippen LogP contribution in [-0.4, -0.2) is 26.8 Å². The lowest BCUT2D eigenvalue weighted by molar-refractivity contribution is -0.0981. The summed E-state index contributed by atoms with van der Waals surface area (Å²) in [5, 5.41) is 8.08. The number of hydroxylamine groups is 2. The summed E-state index contributed by atoms with van der Waals surface area (Å²) in [6.45, 7) is 0. The van der Waals surface area contributed by atoms with Gasteiger partial charge in [0.25, 0.3) is 11.8 Å². The van der Waals surface area contributed by atoms with Crippen molar-refractivity contribution in [1.29, 1.82) is 0 Å². The van der Waals surface area contributed by atoms with Gasteiger partial charge in [0, 0.05) is 6.20 Å². The number of benzene rings is 1. The number of imide groups is 1. The second-order valence-corrected chi connectivity index (χ2v) is 5.54. The van der Waals surface area contributed by atoms with Gasteiger partial charge >= 0.3 is 0 Å². The molecule has 0 saturated carbocycles. The highest BCUT2D eigenvalue weighted by Gasteiger charge is 2.37. The number of carbonyl (C=O) groups is 2. The summed E-state index contributed by atoms with van der Waals surface area (Å²) in [5.41, 5.74) is 1.10. The van der Waals surface area contributed by atoms with Crippen molar-refractivity contribution in [3.63, 3.8) is 0 Å². The van der Waals surface area contributed by atoms with Crippen molar-refractivity contribution in [2.45, 2.75) is 0 Å². The Bertz CT molecular complexity index is 900. The summed E-state index contributed by atoms with van der Waals surface area (Å²) in [6.07, 6.45) is 1.62. The number of rotatable bonds is 3. The van der Waals surface area contributed by atoms with E-state index in [-0.39, 0.29) is 11.1 Å². The maximum atomic E-state index is 12.0. The number of fused-ring (bicyclic) bond motifs is 2. The minimum atomic E-state index is -0.574. The Labute approximate surface area is 133 Å². The Hall–Kier alpha value is -3.20. The predicted molar refractivity (Wildman–Crippen MR) is 80.0 cm³/mol. The van der Waals surface area contributed by atoms with Gasteiger partial charge < -0.3 is 0 Å². The van der Waals surface area contributed by atoms with E-state index in [9.17, 15) is 9.59 Å². The van der Waals surface area contributed by atoms with Crippen molar-refractivity contribution in [3.05, 3.63) is 53.7 Å². The van der Waals surface area contributed by atoms with Crippen LogP contribution in [0.25, 0.3) is 10.3 Å². The standard InChI is InChI=1S/C14H7N5O3S/c20-12-8-4-1-2-5-9(8)13(21)19(12)22-18-17-14-16-11-10(23-14)6-3-7-15-11/h1-7H/b18-17+. The van der Waals surface area contributed by atoms with Crippen molar-refractivity contribution < 1.29 is 14.5 Å². The van der Waals surface area contributed by atoms with Crippen LogP contribution in [0.2, 0.25) is 0 Å². The minimum Gasteiger partial charge on any atom is -0.265 e. The zero-order valence-corrected chi connectivity index (χ0v) is 12.2. The Kier molecular flexibility index (Phi) is 3.05. The van der Waals surface area contributed by atoms with Crippen LogP contribution in [0.4, 0.5) is 5.13 Å². The maximum Gasteiger partial charge on any atom is 0.297 e. The number of nitrogens with zero attached hydrogens (tertiary/aromatic N) is 5. The smallest absolute Gasteiger partial charge is 0.265 e. The largest absolute Gasteiger partial charge is 0.297 e. The SMILES string of the molecule is O=C1c2ccccc2C(=O)N1O/N=N/c1nc2ncccc2s1. The third-order valence-corrected chi connectivity index (χ3v) is 4.05. The first-order valence-electron chi connectivity index (χ1n) is 6.51. The van der Waals surface area contributed by atoms with E-state index in [0.717, 1.165) is 4.70 Å². The molecule has 3 aromatic rings. The van der Waals surface area contributed by atoms with Gasteiger partial charge in [-0.15, -0.1) is 0 Å². The number of thiazole rings is 1. The Morgan fingerprint density at radius 2 is 1.78 bits per heavy atom. The van der Waals surface area contributed by atoms with Gasteiger partial charge in [-0.05, 0) is 24.3 Å². The van der Waals surface area contributed by atoms with Gasteiger partial charge in [0.15, 0.2) is 5.65 Å². The molecule has 2 amide bonds. The van der Waals surface area contributed by atoms with Gasteiger partial charge in [0.2, 0.25) is 5.13 Å². The van der Waals surface area contributed by atoms with Gasteiger partial charge in [-0.2, -0.15) is 4.98 Å². The monoisotopic (exact) mass is 325 g/mol. The molecule has 0 radical (unpaired) electrons. The zero-order valence-electron chi connectivity index (χ0n) is 11.4. The Morgan fingerprint density at radius 1 is 1.04 bits per heavy atom. The van der Waals surface area contributed by atoms with Crippen molar-refractivity contribution in [2.75, 3.05) is 0 Å². The fraction of sp³-hybridized carbons (Fsp3) is 0. The third kappa shape index (κ3) is 2.23. The summed E-state index contributed by atoms with van der Waals surface area (Å²) >= 11 is 1.27. The van der Waals surface area contributed by atoms with Crippen LogP contribution < -0.4 is 0 Å². The first kappa shape index (κ1) is 13.5. The van der Waals surface area contributed by atoms with Crippen LogP contribution in [0.1, 0.15) is 20.7 Å². The maximum absolute atomic E-state index is 12.0. The Morgan fingerprint density at radius 3 is 2.48 bits per heavy atom. The van der Waals surface area contributed by atoms with E-state index in [0.29, 0.717) is 15.8 Å². The number of pyridine rings is 1. The highest BCUT2D eigenvalue weighted by Crippen LogP contribution is 2.27. The molecule has 23 heavy (non-hydrogen) atoms. The summed E-state index contributed by atoms with van der Waals surface area (Å²) in [7, 11) is 0. The van der Waals surface area contributed by atoms with Crippen molar-refractivity contribution in [2.24, 2.45) is 10.4 Å². The van der Waals surface area contributed by atoms with E-state index in [1.807, 2.05) is 6.07 Å². The molecule has 4 rings (SSSR count). The van der Waals surface area contributed by atoms with E-state index in [1.165, 1.54) is 11.3 Å². The van der Waals surface area contributed by atoms with Gasteiger partial charge in [0.1, 0.15) is 0 Å². The fourth-order valence-electron chi connectivity index (χ4n) is 2.13. The highest BCUT2D eigenvalue weighted by molar-refractivity contribution is 7.21. The van der Waals surface area contributed by atoms with Crippen LogP contribution in [0.5, 0.6) is 0 Å². The molecule has 0 unspecified atom stereocenters. The van der Waals surface area contributed by atoms with Crippen LogP contribution in [0.15, 0.2) is 53.0 Å². The van der Waals surface area contributed by atoms with Crippen molar-refractivity contribution in [1.82, 2.24) is 15.0 Å². The molecule has 1 aliphatic heterocycles. The molecule has 8 nitrogen and oxygen atoms in total. The lowest BCUT2D eigenvalue weighted by Gasteiger charge is -2.06. The van der Waals surface area contributed by atoms with Gasteiger partial charge in [-0.25, -0.2) is 9.92 Å². The average molecular weight is 325 g/mol. The number of hydrogen-bond acceptors (Lipinski definition) is 8. The van der Waals surface area contributed by atoms with E-state index < -0.39 is 11.8 Å². The molecule has 0 spiro atoms. The van der Waals surface area contributed by atoms with E-state index >= 15 is 0 Å². The summed E-state index contributed by atoms with van der Waals surface area (Å²) in [4.78, 5) is 37.2. The molecule has 0 bridgehead atoms. The van der Waals surface area contributed by atoms with Gasteiger partial charge in [-0.3, -0.25) is 9.59 Å². The van der Waals surface area contributed by atoms with E-state index in [2.05, 4.69) is 20.4 Å². The lowest BCUT2D eigenvalue weighted by Crippen LogP contribution is -2.27. The average Bonchev–Trinajstić information content (AvgIpc) is 3.09. The molecular weight excluding hydrogens is 318 g/mol. The molecule has 0 saturated heterocycles. The van der Waals surface area contributed by atoms with Crippen LogP contribution >= 0.6 is 11.3 Å². The van der Waals surface area contributed by atoms with Crippen molar-refractivity contribution in [3.8, 4) is 0 Å². The summed E-state index contributed by atoms with van der Waals surface area (Å²) in [5.74, 6) is -1.15. The number of amides is 2. The topological polar surface area (TPSA) is 97.1 Å². The number of carbonyl (C=O) groups excluding carboxylic acids is 2. The fourth-order valence-corrected chi connectivity index (χ4v) is 2.87. The third-order valence-electron chi connectivity index (χ3n) is 3.15. The lowest BCUT2D eigenvalue weighted by atomic mass is 10.1. The summed E-state index contributed by atoms with van der Waals surface area (Å²) < 4.78 is 0.849. The van der Waals surface area contributed by atoms with Gasteiger partial charge in [-0.1, -0.05) is 33.6 Å². The molecule has 0 N–H and O–H groups in total. The minimum absolute atomic E-state index is 0.275. The quantitative estimate of drug-likeness (QED) is 0.419. The molecule has 0 aliphatic carbocycles. The normalized spacial score (nSPS) is 14.0. The van der Waals surface area contributed by atoms with E-state index in [4.69, 9.17) is 4.94 Å². The molecule has 0 fully saturated rings. The second kappa shape index (κ2) is 5.21. The zero-order chi connectivity index (χ0) is 15.8.